The average Bonchev–Trinajstić information content (AvgIpc) is 3.31. The van der Waals surface area contributed by atoms with Crippen molar-refractivity contribution < 1.29 is 9.15 Å². The third kappa shape index (κ3) is 3.62. The quantitative estimate of drug-likeness (QED) is 0.829. The predicted molar refractivity (Wildman–Crippen MR) is 96.3 cm³/mol. The first kappa shape index (κ1) is 16.7. The van der Waals surface area contributed by atoms with E-state index in [0.717, 1.165) is 37.2 Å². The van der Waals surface area contributed by atoms with Crippen molar-refractivity contribution in [3.05, 3.63) is 36.2 Å². The largest absolute Gasteiger partial charge is 0.420 e. The minimum absolute atomic E-state index is 0.270. The zero-order valence-electron chi connectivity index (χ0n) is 14.9. The molecule has 4 rings (SSSR count). The molecule has 0 unspecified atom stereocenters. The van der Waals surface area contributed by atoms with Crippen molar-refractivity contribution in [1.29, 1.82) is 0 Å². The van der Waals surface area contributed by atoms with Gasteiger partial charge >= 0.3 is 0 Å². The fraction of sp³-hybridized carbons (Fsp3) is 0.600. The number of methoxy groups -OCH3 is 1. The summed E-state index contributed by atoms with van der Waals surface area (Å²) in [5, 5.41) is 8.67. The lowest BCUT2D eigenvalue weighted by Crippen LogP contribution is -2.35. The van der Waals surface area contributed by atoms with Gasteiger partial charge in [0.2, 0.25) is 11.8 Å². The molecule has 1 saturated heterocycles. The Labute approximate surface area is 149 Å². The molecule has 0 amide bonds. The zero-order chi connectivity index (χ0) is 17.1. The van der Waals surface area contributed by atoms with Crippen LogP contribution in [0.15, 0.2) is 34.7 Å². The van der Waals surface area contributed by atoms with E-state index < -0.39 is 0 Å². The highest BCUT2D eigenvalue weighted by Crippen LogP contribution is 2.37. The van der Waals surface area contributed by atoms with E-state index in [-0.39, 0.29) is 5.92 Å². The average molecular weight is 341 g/mol. The van der Waals surface area contributed by atoms with Crippen molar-refractivity contribution in [1.82, 2.24) is 15.1 Å². The lowest BCUT2D eigenvalue weighted by Gasteiger charge is -2.31. The highest BCUT2D eigenvalue weighted by molar-refractivity contribution is 5.51. The second-order valence-corrected chi connectivity index (χ2v) is 7.38. The van der Waals surface area contributed by atoms with E-state index in [4.69, 9.17) is 9.15 Å². The minimum Gasteiger partial charge on any atom is -0.420 e. The molecule has 1 aliphatic heterocycles. The topological polar surface area (TPSA) is 51.4 Å². The third-order valence-electron chi connectivity index (χ3n) is 5.72. The van der Waals surface area contributed by atoms with E-state index in [1.165, 1.54) is 32.1 Å². The predicted octanol–water partition coefficient (Wildman–Crippen LogP) is 3.73. The molecule has 5 nitrogen and oxygen atoms in total. The van der Waals surface area contributed by atoms with Crippen molar-refractivity contribution in [2.24, 2.45) is 5.92 Å². The number of hydrogen-bond acceptors (Lipinski definition) is 5. The molecule has 5 heteroatoms. The summed E-state index contributed by atoms with van der Waals surface area (Å²) in [5.74, 6) is 2.07. The number of rotatable bonds is 5. The summed E-state index contributed by atoms with van der Waals surface area (Å²) in [6, 6.07) is 10.7. The van der Waals surface area contributed by atoms with E-state index in [1.807, 2.05) is 30.3 Å². The van der Waals surface area contributed by atoms with Gasteiger partial charge < -0.3 is 9.15 Å². The maximum absolute atomic E-state index is 6.06. The molecule has 1 saturated carbocycles. The second kappa shape index (κ2) is 7.67. The van der Waals surface area contributed by atoms with Gasteiger partial charge in [-0.1, -0.05) is 37.5 Å². The number of likely N-dealkylation sites (tertiary alicyclic amines) is 1. The van der Waals surface area contributed by atoms with E-state index in [1.54, 1.807) is 7.11 Å². The van der Waals surface area contributed by atoms with E-state index >= 15 is 0 Å². The number of benzene rings is 1. The summed E-state index contributed by atoms with van der Waals surface area (Å²) in [4.78, 5) is 2.64. The summed E-state index contributed by atoms with van der Waals surface area (Å²) < 4.78 is 11.5. The Balaban J connectivity index is 1.52. The molecule has 2 aliphatic rings. The van der Waals surface area contributed by atoms with Crippen LogP contribution in [-0.4, -0.2) is 47.9 Å². The highest BCUT2D eigenvalue weighted by Gasteiger charge is 2.40. The van der Waals surface area contributed by atoms with E-state index in [9.17, 15) is 0 Å². The van der Waals surface area contributed by atoms with Crippen molar-refractivity contribution in [2.45, 2.75) is 44.1 Å². The van der Waals surface area contributed by atoms with Gasteiger partial charge in [-0.25, -0.2) is 0 Å². The highest BCUT2D eigenvalue weighted by atomic mass is 16.5. The van der Waals surface area contributed by atoms with E-state index in [0.29, 0.717) is 11.8 Å². The molecule has 0 spiro atoms. The monoisotopic (exact) mass is 341 g/mol. The van der Waals surface area contributed by atoms with Crippen LogP contribution in [-0.2, 0) is 4.74 Å². The van der Waals surface area contributed by atoms with E-state index in [2.05, 4.69) is 15.1 Å². The Kier molecular flexibility index (Phi) is 5.13. The molecule has 1 aliphatic carbocycles. The summed E-state index contributed by atoms with van der Waals surface area (Å²) in [6.07, 6.45) is 6.76. The fourth-order valence-electron chi connectivity index (χ4n) is 4.39. The maximum atomic E-state index is 6.06. The molecule has 2 fully saturated rings. The van der Waals surface area contributed by atoms with Crippen LogP contribution in [0.2, 0.25) is 0 Å². The van der Waals surface area contributed by atoms with Crippen molar-refractivity contribution in [2.75, 3.05) is 26.8 Å². The van der Waals surface area contributed by atoms with Crippen LogP contribution >= 0.6 is 0 Å². The van der Waals surface area contributed by atoms with Gasteiger partial charge in [0.15, 0.2) is 0 Å². The Hall–Kier alpha value is -1.72. The first-order valence-electron chi connectivity index (χ1n) is 9.47. The van der Waals surface area contributed by atoms with Crippen LogP contribution in [0.1, 0.15) is 43.9 Å². The Morgan fingerprint density at radius 2 is 1.88 bits per heavy atom. The Morgan fingerprint density at radius 1 is 1.08 bits per heavy atom. The second-order valence-electron chi connectivity index (χ2n) is 7.38. The maximum Gasteiger partial charge on any atom is 0.247 e. The van der Waals surface area contributed by atoms with Crippen molar-refractivity contribution in [3.8, 4) is 11.5 Å². The number of nitrogens with zero attached hydrogens (tertiary/aromatic N) is 3. The van der Waals surface area contributed by atoms with Gasteiger partial charge in [0.25, 0.3) is 0 Å². The molecular weight excluding hydrogens is 314 g/mol. The fourth-order valence-corrected chi connectivity index (χ4v) is 4.39. The Morgan fingerprint density at radius 3 is 2.64 bits per heavy atom. The summed E-state index contributed by atoms with van der Waals surface area (Å²) >= 11 is 0. The molecule has 1 aromatic heterocycles. The summed E-state index contributed by atoms with van der Waals surface area (Å²) in [6.45, 7) is 2.83. The van der Waals surface area contributed by atoms with Gasteiger partial charge in [-0.2, -0.15) is 0 Å². The first-order valence-corrected chi connectivity index (χ1v) is 9.47. The van der Waals surface area contributed by atoms with Crippen LogP contribution < -0.4 is 0 Å². The van der Waals surface area contributed by atoms with Gasteiger partial charge in [-0.05, 0) is 25.0 Å². The lowest BCUT2D eigenvalue weighted by atomic mass is 9.94. The zero-order valence-corrected chi connectivity index (χ0v) is 14.9. The van der Waals surface area contributed by atoms with Crippen molar-refractivity contribution >= 4 is 0 Å². The number of hydrogen-bond donors (Lipinski definition) is 0. The molecule has 2 heterocycles. The number of aromatic nitrogens is 2. The third-order valence-corrected chi connectivity index (χ3v) is 5.72. The molecule has 2 atom stereocenters. The van der Waals surface area contributed by atoms with Gasteiger partial charge in [0, 0.05) is 37.7 Å². The van der Waals surface area contributed by atoms with Crippen LogP contribution in [0, 0.1) is 5.92 Å². The number of ether oxygens (including phenoxy) is 1. The molecule has 134 valence electrons. The molecule has 1 aromatic carbocycles. The Bertz CT molecular complexity index is 667. The minimum atomic E-state index is 0.270. The van der Waals surface area contributed by atoms with Crippen LogP contribution in [0.4, 0.5) is 0 Å². The molecule has 0 N–H and O–H groups in total. The van der Waals surface area contributed by atoms with Gasteiger partial charge in [0.05, 0.1) is 12.5 Å². The van der Waals surface area contributed by atoms with Gasteiger partial charge in [-0.3, -0.25) is 4.90 Å². The van der Waals surface area contributed by atoms with Crippen LogP contribution in [0.3, 0.4) is 0 Å². The van der Waals surface area contributed by atoms with Gasteiger partial charge in [-0.15, -0.1) is 10.2 Å². The van der Waals surface area contributed by atoms with Crippen LogP contribution in [0.25, 0.3) is 11.5 Å². The molecule has 2 aromatic rings. The first-order chi connectivity index (χ1) is 12.3. The van der Waals surface area contributed by atoms with Crippen molar-refractivity contribution in [3.63, 3.8) is 0 Å². The summed E-state index contributed by atoms with van der Waals surface area (Å²) in [5.41, 5.74) is 0.978. The summed E-state index contributed by atoms with van der Waals surface area (Å²) in [7, 11) is 1.78. The molecule has 25 heavy (non-hydrogen) atoms. The molecule has 0 radical (unpaired) electrons. The normalized spacial score (nSPS) is 25.5. The van der Waals surface area contributed by atoms with Gasteiger partial charge in [0.1, 0.15) is 0 Å². The molecule has 0 bridgehead atoms. The SMILES string of the molecule is COC[C@@H]1CN(C2CCCCC2)C[C@H]1c1nnc(-c2ccccc2)o1. The van der Waals surface area contributed by atoms with Crippen LogP contribution in [0.5, 0.6) is 0 Å². The smallest absolute Gasteiger partial charge is 0.247 e. The lowest BCUT2D eigenvalue weighted by molar-refractivity contribution is 0.134. The molecular formula is C20H27N3O2. The standard InChI is InChI=1S/C20H27N3O2/c1-24-14-16-12-23(17-10-6-3-7-11-17)13-18(16)20-22-21-19(25-20)15-8-4-2-5-9-15/h2,4-5,8-9,16-18H,3,6-7,10-14H2,1H3/t16-,18+/m0/s1.